The molecule has 0 saturated carbocycles. The molecule has 1 rings (SSSR count). The zero-order valence-corrected chi connectivity index (χ0v) is 12.5. The lowest BCUT2D eigenvalue weighted by Crippen LogP contribution is -2.19. The summed E-state index contributed by atoms with van der Waals surface area (Å²) in [7, 11) is 2.18. The number of hydrogen-bond donors (Lipinski definition) is 1. The van der Waals surface area contributed by atoms with Gasteiger partial charge in [-0.1, -0.05) is 6.42 Å². The van der Waals surface area contributed by atoms with Gasteiger partial charge in [-0.25, -0.2) is 0 Å². The summed E-state index contributed by atoms with van der Waals surface area (Å²) in [6, 6.07) is 2.54. The van der Waals surface area contributed by atoms with Crippen molar-refractivity contribution >= 4 is 27.3 Å². The van der Waals surface area contributed by atoms with Gasteiger partial charge in [0, 0.05) is 27.3 Å². The molecule has 2 nitrogen and oxygen atoms in total. The Bertz CT molecular complexity index is 299. The Morgan fingerprint density at radius 2 is 2.25 bits per heavy atom. The molecule has 4 heteroatoms. The molecule has 0 aliphatic rings. The first-order chi connectivity index (χ1) is 7.58. The minimum atomic E-state index is 0.346. The predicted octanol–water partition coefficient (Wildman–Crippen LogP) is 3.46. The fraction of sp³-hybridized carbons (Fsp3) is 0.667. The number of thiophene rings is 1. The lowest BCUT2D eigenvalue weighted by atomic mass is 10.1. The van der Waals surface area contributed by atoms with Crippen LogP contribution in [-0.4, -0.2) is 24.5 Å². The van der Waals surface area contributed by atoms with Crippen LogP contribution in [0.15, 0.2) is 15.9 Å². The molecule has 0 bridgehead atoms. The van der Waals surface area contributed by atoms with Crippen molar-refractivity contribution in [1.29, 1.82) is 0 Å². The Balaban J connectivity index is 2.13. The van der Waals surface area contributed by atoms with Crippen LogP contribution in [0.5, 0.6) is 0 Å². The summed E-state index contributed by atoms with van der Waals surface area (Å²) in [5, 5.41) is 2.14. The fourth-order valence-corrected chi connectivity index (χ4v) is 3.16. The molecule has 1 atom stereocenters. The maximum Gasteiger partial charge on any atom is 0.0325 e. The standard InChI is InChI=1S/C12H21BrN2S/c1-10(14)5-3-4-6-15(2)8-12-7-11(13)9-16-12/h7,9-10H,3-6,8,14H2,1-2H3. The minimum Gasteiger partial charge on any atom is -0.328 e. The van der Waals surface area contributed by atoms with Crippen molar-refractivity contribution in [2.24, 2.45) is 5.73 Å². The summed E-state index contributed by atoms with van der Waals surface area (Å²) < 4.78 is 1.19. The monoisotopic (exact) mass is 304 g/mol. The molecule has 2 N–H and O–H groups in total. The second-order valence-electron chi connectivity index (χ2n) is 4.44. The van der Waals surface area contributed by atoms with Gasteiger partial charge in [0.15, 0.2) is 0 Å². The van der Waals surface area contributed by atoms with Gasteiger partial charge in [-0.15, -0.1) is 11.3 Å². The highest BCUT2D eigenvalue weighted by molar-refractivity contribution is 9.10. The minimum absolute atomic E-state index is 0.346. The molecule has 1 aromatic rings. The first-order valence-corrected chi connectivity index (χ1v) is 7.42. The lowest BCUT2D eigenvalue weighted by molar-refractivity contribution is 0.318. The van der Waals surface area contributed by atoms with E-state index in [0.29, 0.717) is 6.04 Å². The zero-order valence-electron chi connectivity index (χ0n) is 10.1. The number of unbranched alkanes of at least 4 members (excludes halogenated alkanes) is 1. The van der Waals surface area contributed by atoms with Gasteiger partial charge in [0.25, 0.3) is 0 Å². The molecule has 0 amide bonds. The van der Waals surface area contributed by atoms with Crippen molar-refractivity contribution in [3.63, 3.8) is 0 Å². The number of halogens is 1. The van der Waals surface area contributed by atoms with E-state index in [0.717, 1.165) is 19.5 Å². The highest BCUT2D eigenvalue weighted by Gasteiger charge is 2.03. The SMILES string of the molecule is CC(N)CCCCN(C)Cc1cc(Br)cs1. The second-order valence-corrected chi connectivity index (χ2v) is 6.35. The number of hydrogen-bond acceptors (Lipinski definition) is 3. The predicted molar refractivity (Wildman–Crippen MR) is 75.9 cm³/mol. The zero-order chi connectivity index (χ0) is 12.0. The van der Waals surface area contributed by atoms with Crippen LogP contribution in [0.4, 0.5) is 0 Å². The van der Waals surface area contributed by atoms with Crippen LogP contribution in [0.25, 0.3) is 0 Å². The van der Waals surface area contributed by atoms with Crippen molar-refractivity contribution in [2.75, 3.05) is 13.6 Å². The third-order valence-corrected chi connectivity index (χ3v) is 4.18. The van der Waals surface area contributed by atoms with E-state index < -0.39 is 0 Å². The molecule has 0 aromatic carbocycles. The van der Waals surface area contributed by atoms with E-state index in [1.165, 1.54) is 22.2 Å². The summed E-state index contributed by atoms with van der Waals surface area (Å²) in [6.45, 7) is 4.28. The molecular formula is C12H21BrN2S. The second kappa shape index (κ2) is 7.43. The molecular weight excluding hydrogens is 284 g/mol. The maximum absolute atomic E-state index is 5.72. The van der Waals surface area contributed by atoms with Gasteiger partial charge in [-0.3, -0.25) is 0 Å². The van der Waals surface area contributed by atoms with Crippen LogP contribution in [0.1, 0.15) is 31.1 Å². The number of rotatable bonds is 7. The number of nitrogens with two attached hydrogens (primary N) is 1. The van der Waals surface area contributed by atoms with Crippen molar-refractivity contribution in [3.05, 3.63) is 20.8 Å². The van der Waals surface area contributed by atoms with Crippen LogP contribution < -0.4 is 5.73 Å². The van der Waals surface area contributed by atoms with E-state index >= 15 is 0 Å². The van der Waals surface area contributed by atoms with Crippen molar-refractivity contribution in [1.82, 2.24) is 4.90 Å². The van der Waals surface area contributed by atoms with Crippen LogP contribution in [0.2, 0.25) is 0 Å². The van der Waals surface area contributed by atoms with Gasteiger partial charge in [-0.05, 0) is 55.4 Å². The lowest BCUT2D eigenvalue weighted by Gasteiger charge is -2.15. The molecule has 1 unspecified atom stereocenters. The summed E-state index contributed by atoms with van der Waals surface area (Å²) >= 11 is 5.29. The summed E-state index contributed by atoms with van der Waals surface area (Å²) in [6.07, 6.45) is 3.61. The Hall–Kier alpha value is 0.1000. The van der Waals surface area contributed by atoms with Gasteiger partial charge in [-0.2, -0.15) is 0 Å². The Kier molecular flexibility index (Phi) is 6.58. The highest BCUT2D eigenvalue weighted by Crippen LogP contribution is 2.20. The molecule has 0 saturated heterocycles. The van der Waals surface area contributed by atoms with E-state index in [1.807, 2.05) is 11.3 Å². The van der Waals surface area contributed by atoms with E-state index in [9.17, 15) is 0 Å². The number of nitrogens with zero attached hydrogens (tertiary/aromatic N) is 1. The third kappa shape index (κ3) is 5.99. The Morgan fingerprint density at radius 3 is 2.81 bits per heavy atom. The summed E-state index contributed by atoms with van der Waals surface area (Å²) in [5.41, 5.74) is 5.72. The molecule has 0 radical (unpaired) electrons. The van der Waals surface area contributed by atoms with Gasteiger partial charge >= 0.3 is 0 Å². The van der Waals surface area contributed by atoms with E-state index in [2.05, 4.69) is 46.2 Å². The van der Waals surface area contributed by atoms with Gasteiger partial charge in [0.2, 0.25) is 0 Å². The van der Waals surface area contributed by atoms with Crippen molar-refractivity contribution in [3.8, 4) is 0 Å². The quantitative estimate of drug-likeness (QED) is 0.782. The molecule has 16 heavy (non-hydrogen) atoms. The third-order valence-electron chi connectivity index (χ3n) is 2.50. The van der Waals surface area contributed by atoms with Gasteiger partial charge in [0.1, 0.15) is 0 Å². The first kappa shape index (κ1) is 14.2. The van der Waals surface area contributed by atoms with Crippen LogP contribution in [-0.2, 0) is 6.54 Å². The largest absolute Gasteiger partial charge is 0.328 e. The first-order valence-electron chi connectivity index (χ1n) is 5.75. The van der Waals surface area contributed by atoms with Crippen LogP contribution >= 0.6 is 27.3 Å². The molecule has 0 aliphatic heterocycles. The van der Waals surface area contributed by atoms with E-state index in [-0.39, 0.29) is 0 Å². The normalized spacial score (nSPS) is 13.3. The molecule has 1 heterocycles. The Labute approximate surface area is 111 Å². The van der Waals surface area contributed by atoms with Gasteiger partial charge < -0.3 is 10.6 Å². The molecule has 92 valence electrons. The van der Waals surface area contributed by atoms with Gasteiger partial charge in [0.05, 0.1) is 0 Å². The summed E-state index contributed by atoms with van der Waals surface area (Å²) in [4.78, 5) is 3.79. The highest BCUT2D eigenvalue weighted by atomic mass is 79.9. The fourth-order valence-electron chi connectivity index (χ4n) is 1.63. The Morgan fingerprint density at radius 1 is 1.50 bits per heavy atom. The van der Waals surface area contributed by atoms with E-state index in [4.69, 9.17) is 5.73 Å². The topological polar surface area (TPSA) is 29.3 Å². The average Bonchev–Trinajstić information content (AvgIpc) is 2.58. The van der Waals surface area contributed by atoms with Crippen LogP contribution in [0.3, 0.4) is 0 Å². The average molecular weight is 305 g/mol. The molecule has 0 aliphatic carbocycles. The van der Waals surface area contributed by atoms with Crippen molar-refractivity contribution in [2.45, 2.75) is 38.8 Å². The maximum atomic E-state index is 5.72. The van der Waals surface area contributed by atoms with Crippen LogP contribution in [0, 0.1) is 0 Å². The molecule has 1 aromatic heterocycles. The summed E-state index contributed by atoms with van der Waals surface area (Å²) in [5.74, 6) is 0. The molecule has 0 spiro atoms. The van der Waals surface area contributed by atoms with Crippen molar-refractivity contribution < 1.29 is 0 Å². The molecule has 0 fully saturated rings. The van der Waals surface area contributed by atoms with E-state index in [1.54, 1.807) is 0 Å². The smallest absolute Gasteiger partial charge is 0.0325 e.